The van der Waals surface area contributed by atoms with Gasteiger partial charge >= 0.3 is 5.97 Å². The molecular formula is C25H35NO5S. The number of fused-ring (bicyclic) bond motifs is 2. The number of ketones is 1. The number of allylic oxidation sites excluding steroid dienone is 1. The van der Waals surface area contributed by atoms with Crippen molar-refractivity contribution in [2.45, 2.75) is 84.5 Å². The van der Waals surface area contributed by atoms with Gasteiger partial charge in [0.1, 0.15) is 11.9 Å². The molecule has 32 heavy (non-hydrogen) atoms. The molecule has 2 N–H and O–H groups in total. The molecule has 0 radical (unpaired) electrons. The predicted octanol–water partition coefficient (Wildman–Crippen LogP) is 4.24. The molecular weight excluding hydrogens is 426 g/mol. The van der Waals surface area contributed by atoms with E-state index in [0.717, 1.165) is 30.0 Å². The highest BCUT2D eigenvalue weighted by molar-refractivity contribution is 7.09. The zero-order chi connectivity index (χ0) is 23.5. The summed E-state index contributed by atoms with van der Waals surface area (Å²) in [5.41, 5.74) is 0.960. The number of Topliss-reactive ketones (excluding diaryl/α,β-unsaturated/α-hetero) is 1. The van der Waals surface area contributed by atoms with Crippen LogP contribution in [-0.4, -0.2) is 45.3 Å². The van der Waals surface area contributed by atoms with Gasteiger partial charge in [-0.1, -0.05) is 25.5 Å². The Morgan fingerprint density at radius 3 is 2.72 bits per heavy atom. The van der Waals surface area contributed by atoms with E-state index in [1.54, 1.807) is 25.2 Å². The third kappa shape index (κ3) is 5.74. The van der Waals surface area contributed by atoms with Crippen LogP contribution in [0.2, 0.25) is 0 Å². The Labute approximate surface area is 194 Å². The van der Waals surface area contributed by atoms with E-state index in [2.05, 4.69) is 18.0 Å². The third-order valence-electron chi connectivity index (χ3n) is 7.00. The number of aliphatic hydroxyl groups excluding tert-OH is 2. The average molecular weight is 462 g/mol. The largest absolute Gasteiger partial charge is 0.458 e. The smallest absolute Gasteiger partial charge is 0.309 e. The Bertz CT molecular complexity index is 891. The first-order valence-corrected chi connectivity index (χ1v) is 12.3. The maximum absolute atomic E-state index is 13.0. The van der Waals surface area contributed by atoms with Crippen LogP contribution in [-0.2, 0) is 14.3 Å². The van der Waals surface area contributed by atoms with Crippen molar-refractivity contribution in [2.24, 2.45) is 17.3 Å². The predicted molar refractivity (Wildman–Crippen MR) is 125 cm³/mol. The summed E-state index contributed by atoms with van der Waals surface area (Å²) in [6.45, 7) is 7.45. The molecule has 6 nitrogen and oxygen atoms in total. The summed E-state index contributed by atoms with van der Waals surface area (Å²) in [5, 5.41) is 24.5. The Balaban J connectivity index is 1.83. The van der Waals surface area contributed by atoms with Crippen LogP contribution < -0.4 is 0 Å². The standard InChI is InChI=1S/C25H35NO5S/c1-15-6-5-7-18-13-25(4,24(30)16(2)23(18)29)21(27)12-22(28)31-20(10-8-15)11-9-19-14-32-17(3)26-19/h8-9,11,14,16,18,20-21,23,27,29H,5-7,10,12-13H2,1-4H3/b11-9+,15-8-/t16-,18-,20+,21+,23?,25?/m1/s1. The van der Waals surface area contributed by atoms with Gasteiger partial charge < -0.3 is 14.9 Å². The van der Waals surface area contributed by atoms with Gasteiger partial charge in [-0.05, 0) is 57.6 Å². The lowest BCUT2D eigenvalue weighted by molar-refractivity contribution is -0.161. The molecule has 0 aromatic carbocycles. The first-order chi connectivity index (χ1) is 15.1. The van der Waals surface area contributed by atoms with Crippen LogP contribution in [0.5, 0.6) is 0 Å². The third-order valence-corrected chi connectivity index (χ3v) is 7.79. The lowest BCUT2D eigenvalue weighted by atomic mass is 9.60. The van der Waals surface area contributed by atoms with Crippen molar-refractivity contribution < 1.29 is 24.5 Å². The van der Waals surface area contributed by atoms with Crippen molar-refractivity contribution in [3.63, 3.8) is 0 Å². The summed E-state index contributed by atoms with van der Waals surface area (Å²) in [5.74, 6) is -1.35. The van der Waals surface area contributed by atoms with Crippen molar-refractivity contribution in [1.29, 1.82) is 0 Å². The minimum atomic E-state index is -1.15. The lowest BCUT2D eigenvalue weighted by Crippen LogP contribution is -2.54. The molecule has 1 aliphatic heterocycles. The zero-order valence-corrected chi connectivity index (χ0v) is 20.2. The molecule has 2 heterocycles. The topological polar surface area (TPSA) is 96.7 Å². The van der Waals surface area contributed by atoms with Crippen molar-refractivity contribution in [2.75, 3.05) is 0 Å². The number of aliphatic hydroxyl groups is 2. The molecule has 2 aliphatic rings. The Kier molecular flexibility index (Phi) is 8.06. The summed E-state index contributed by atoms with van der Waals surface area (Å²) in [4.78, 5) is 30.1. The van der Waals surface area contributed by atoms with Crippen LogP contribution in [0.25, 0.3) is 6.08 Å². The van der Waals surface area contributed by atoms with Gasteiger partial charge in [0.05, 0.1) is 34.7 Å². The fourth-order valence-electron chi connectivity index (χ4n) is 4.91. The number of carbonyl (C=O) groups is 2. The maximum Gasteiger partial charge on any atom is 0.309 e. The number of rotatable bonds is 2. The lowest BCUT2D eigenvalue weighted by Gasteiger charge is -2.45. The van der Waals surface area contributed by atoms with E-state index < -0.39 is 35.6 Å². The summed E-state index contributed by atoms with van der Waals surface area (Å²) in [6.07, 6.45) is 6.65. The van der Waals surface area contributed by atoms with Gasteiger partial charge in [0.15, 0.2) is 0 Å². The van der Waals surface area contributed by atoms with Crippen molar-refractivity contribution in [3.8, 4) is 0 Å². The van der Waals surface area contributed by atoms with Gasteiger partial charge in [-0.15, -0.1) is 11.3 Å². The molecule has 1 saturated carbocycles. The van der Waals surface area contributed by atoms with E-state index in [4.69, 9.17) is 4.74 Å². The number of ether oxygens (including phenoxy) is 1. The average Bonchev–Trinajstić information content (AvgIpc) is 3.16. The van der Waals surface area contributed by atoms with Crippen LogP contribution >= 0.6 is 11.3 Å². The second kappa shape index (κ2) is 10.4. The van der Waals surface area contributed by atoms with Gasteiger partial charge in [-0.3, -0.25) is 9.59 Å². The molecule has 7 heteroatoms. The minimum absolute atomic E-state index is 0.0774. The molecule has 6 atom stereocenters. The highest BCUT2D eigenvalue weighted by atomic mass is 32.1. The Hall–Kier alpha value is -1.83. The fourth-order valence-corrected chi connectivity index (χ4v) is 5.49. The van der Waals surface area contributed by atoms with Crippen LogP contribution in [0, 0.1) is 24.2 Å². The molecule has 1 fully saturated rings. The molecule has 1 aromatic rings. The van der Waals surface area contributed by atoms with Crippen LogP contribution in [0.3, 0.4) is 0 Å². The number of hydrogen-bond donors (Lipinski definition) is 2. The highest BCUT2D eigenvalue weighted by Gasteiger charge is 2.51. The van der Waals surface area contributed by atoms with E-state index in [0.29, 0.717) is 12.8 Å². The number of aromatic nitrogens is 1. The Morgan fingerprint density at radius 1 is 1.28 bits per heavy atom. The first-order valence-electron chi connectivity index (χ1n) is 11.5. The molecule has 3 rings (SSSR count). The Morgan fingerprint density at radius 2 is 2.03 bits per heavy atom. The van der Waals surface area contributed by atoms with E-state index in [1.165, 1.54) is 5.57 Å². The van der Waals surface area contributed by atoms with E-state index >= 15 is 0 Å². The number of nitrogens with zero attached hydrogens (tertiary/aromatic N) is 1. The van der Waals surface area contributed by atoms with Crippen molar-refractivity contribution in [1.82, 2.24) is 4.98 Å². The van der Waals surface area contributed by atoms with Gasteiger partial charge in [0.2, 0.25) is 0 Å². The molecule has 0 spiro atoms. The summed E-state index contributed by atoms with van der Waals surface area (Å²) < 4.78 is 5.69. The number of aryl methyl sites for hydroxylation is 1. The number of carbonyl (C=O) groups excluding carboxylic acids is 2. The SMILES string of the molecule is C/C1=C/C[C@@H](/C=C/c2csc(C)n2)OC(=O)C[C@H](O)C2(C)C[C@@H](CCC1)C(O)[C@@H](C)C2=O. The van der Waals surface area contributed by atoms with Crippen molar-refractivity contribution >= 4 is 29.2 Å². The van der Waals surface area contributed by atoms with E-state index in [-0.39, 0.29) is 18.1 Å². The highest BCUT2D eigenvalue weighted by Crippen LogP contribution is 2.44. The van der Waals surface area contributed by atoms with Crippen LogP contribution in [0.1, 0.15) is 70.0 Å². The minimum Gasteiger partial charge on any atom is -0.458 e. The summed E-state index contributed by atoms with van der Waals surface area (Å²) >= 11 is 1.56. The second-order valence-electron chi connectivity index (χ2n) is 9.60. The zero-order valence-electron chi connectivity index (χ0n) is 19.4. The maximum atomic E-state index is 13.0. The molecule has 2 unspecified atom stereocenters. The first kappa shape index (κ1) is 24.8. The number of cyclic esters (lactones) is 1. The van der Waals surface area contributed by atoms with Gasteiger partial charge in [0.25, 0.3) is 0 Å². The quantitative estimate of drug-likeness (QED) is 0.505. The van der Waals surface area contributed by atoms with Crippen LogP contribution in [0.4, 0.5) is 0 Å². The second-order valence-corrected chi connectivity index (χ2v) is 10.7. The van der Waals surface area contributed by atoms with Gasteiger partial charge in [-0.25, -0.2) is 4.98 Å². The molecule has 0 amide bonds. The van der Waals surface area contributed by atoms with Gasteiger partial charge in [-0.2, -0.15) is 0 Å². The van der Waals surface area contributed by atoms with Crippen molar-refractivity contribution in [3.05, 3.63) is 33.8 Å². The van der Waals surface area contributed by atoms with E-state index in [1.807, 2.05) is 24.5 Å². The fraction of sp³-hybridized carbons (Fsp3) is 0.640. The normalized spacial score (nSPS) is 36.9. The molecule has 2 bridgehead atoms. The van der Waals surface area contributed by atoms with E-state index in [9.17, 15) is 19.8 Å². The molecule has 176 valence electrons. The van der Waals surface area contributed by atoms with Crippen LogP contribution in [0.15, 0.2) is 23.1 Å². The summed E-state index contributed by atoms with van der Waals surface area (Å²) in [6, 6.07) is 0. The molecule has 0 saturated heterocycles. The van der Waals surface area contributed by atoms with Gasteiger partial charge in [0, 0.05) is 17.7 Å². The number of hydrogen-bond acceptors (Lipinski definition) is 7. The number of thiazole rings is 1. The monoisotopic (exact) mass is 461 g/mol. The molecule has 1 aromatic heterocycles. The number of esters is 1. The summed E-state index contributed by atoms with van der Waals surface area (Å²) in [7, 11) is 0. The molecule has 1 aliphatic carbocycles.